The second-order valence-electron chi connectivity index (χ2n) is 10.1. The van der Waals surface area contributed by atoms with Gasteiger partial charge in [0.1, 0.15) is 12.1 Å². The van der Waals surface area contributed by atoms with E-state index in [1.165, 1.54) is 47.0 Å². The lowest BCUT2D eigenvalue weighted by molar-refractivity contribution is 0.883. The van der Waals surface area contributed by atoms with E-state index in [0.29, 0.717) is 0 Å². The highest BCUT2D eigenvalue weighted by Gasteiger charge is 2.25. The van der Waals surface area contributed by atoms with Crippen molar-refractivity contribution in [3.63, 3.8) is 0 Å². The summed E-state index contributed by atoms with van der Waals surface area (Å²) in [6.07, 6.45) is 3.61. The van der Waals surface area contributed by atoms with E-state index in [-0.39, 0.29) is 12.1 Å². The molecule has 2 aromatic heterocycles. The molecule has 2 unspecified atom stereocenters. The van der Waals surface area contributed by atoms with Crippen LogP contribution in [0.3, 0.4) is 0 Å². The number of hydrogen-bond acceptors (Lipinski definition) is 6. The predicted octanol–water partition coefficient (Wildman–Crippen LogP) is 10.5. The lowest BCUT2D eigenvalue weighted by atomic mass is 10.0. The normalized spacial score (nSPS) is 16.5. The molecule has 8 rings (SSSR count). The number of anilines is 2. The summed E-state index contributed by atoms with van der Waals surface area (Å²) >= 11 is 7.40. The second-order valence-corrected chi connectivity index (χ2v) is 13.1. The van der Waals surface area contributed by atoms with Crippen molar-refractivity contribution in [1.29, 1.82) is 0 Å². The second kappa shape index (κ2) is 11.7. The minimum absolute atomic E-state index is 0.0687. The monoisotopic (exact) mass is 646 g/mol. The molecule has 4 nitrogen and oxygen atoms in total. The smallest absolute Gasteiger partial charge is 0.114 e. The van der Waals surface area contributed by atoms with E-state index in [9.17, 15) is 0 Å². The van der Waals surface area contributed by atoms with E-state index >= 15 is 0 Å². The third kappa shape index (κ3) is 5.09. The van der Waals surface area contributed by atoms with Gasteiger partial charge < -0.3 is 10.6 Å². The van der Waals surface area contributed by atoms with Gasteiger partial charge in [0, 0.05) is 51.7 Å². The van der Waals surface area contributed by atoms with E-state index in [4.69, 9.17) is 0 Å². The Bertz CT molecular complexity index is 1940. The van der Waals surface area contributed by atoms with Crippen LogP contribution in [0.25, 0.3) is 20.5 Å². The summed E-state index contributed by atoms with van der Waals surface area (Å²) < 4.78 is 2.46. The van der Waals surface area contributed by atoms with Crippen molar-refractivity contribution in [3.05, 3.63) is 140 Å². The Morgan fingerprint density at radius 1 is 0.643 bits per heavy atom. The number of nitrogens with zero attached hydrogens (tertiary/aromatic N) is 2. The summed E-state index contributed by atoms with van der Waals surface area (Å²) in [5, 5.41) is 7.71. The predicted molar refractivity (Wildman–Crippen MR) is 185 cm³/mol. The van der Waals surface area contributed by atoms with E-state index in [1.54, 1.807) is 17.7 Å². The number of fused-ring (bicyclic) bond motifs is 3. The molecular weight excluding hydrogens is 620 g/mol. The number of halogens is 1. The molecule has 0 saturated heterocycles. The van der Waals surface area contributed by atoms with E-state index in [2.05, 4.69) is 147 Å². The zero-order valence-electron chi connectivity index (χ0n) is 22.8. The standard InChI is InChI=1S/C19H16N2S.C16H11BrN2S/c1-13-11-17(14-7-3-2-4-8-14)22-19(13)18-15-9-5-6-10-16(15)20-12-21-18;17-14-11-6-2-4-8-13(11)20-16(14)15-10-5-1-3-7-12(10)18-9-19-15/h2-12,18H,1H3,(H,20,21);1-9,15H,(H,18,19). The molecule has 2 atom stereocenters. The topological polar surface area (TPSA) is 48.8 Å². The van der Waals surface area contributed by atoms with Gasteiger partial charge in [0.15, 0.2) is 0 Å². The fourth-order valence-electron chi connectivity index (χ4n) is 5.40. The molecule has 6 aromatic rings. The summed E-state index contributed by atoms with van der Waals surface area (Å²) in [5.74, 6) is 0. The third-order valence-electron chi connectivity index (χ3n) is 7.47. The molecule has 0 radical (unpaired) electrons. The summed E-state index contributed by atoms with van der Waals surface area (Å²) in [6.45, 7) is 2.18. The van der Waals surface area contributed by atoms with Gasteiger partial charge in [-0.3, -0.25) is 9.98 Å². The molecule has 2 aliphatic heterocycles. The minimum atomic E-state index is 0.0687. The molecule has 206 valence electrons. The zero-order chi connectivity index (χ0) is 28.5. The van der Waals surface area contributed by atoms with Crippen LogP contribution in [0.15, 0.2) is 124 Å². The van der Waals surface area contributed by atoms with Crippen LogP contribution in [-0.2, 0) is 0 Å². The van der Waals surface area contributed by atoms with Crippen LogP contribution in [0.1, 0.15) is 38.5 Å². The van der Waals surface area contributed by atoms with Gasteiger partial charge >= 0.3 is 0 Å². The number of hydrogen-bond donors (Lipinski definition) is 2. The molecule has 0 spiro atoms. The highest BCUT2D eigenvalue weighted by molar-refractivity contribution is 9.10. The number of benzene rings is 4. The average molecular weight is 648 g/mol. The third-order valence-corrected chi connectivity index (χ3v) is 11.1. The Morgan fingerprint density at radius 3 is 1.88 bits per heavy atom. The molecule has 7 heteroatoms. The zero-order valence-corrected chi connectivity index (χ0v) is 26.0. The number of rotatable bonds is 3. The Labute approximate surface area is 261 Å². The molecular formula is C35H27BrN4S2. The molecule has 2 aliphatic rings. The van der Waals surface area contributed by atoms with Gasteiger partial charge in [-0.2, -0.15) is 0 Å². The van der Waals surface area contributed by atoms with Crippen LogP contribution in [-0.4, -0.2) is 12.7 Å². The first-order valence-electron chi connectivity index (χ1n) is 13.7. The van der Waals surface area contributed by atoms with Gasteiger partial charge in [-0.15, -0.1) is 22.7 Å². The van der Waals surface area contributed by atoms with Gasteiger partial charge in [0.05, 0.1) is 12.7 Å². The number of para-hydroxylation sites is 2. The lowest BCUT2D eigenvalue weighted by Crippen LogP contribution is -2.10. The molecule has 0 fully saturated rings. The van der Waals surface area contributed by atoms with Gasteiger partial charge in [-0.05, 0) is 58.2 Å². The maximum Gasteiger partial charge on any atom is 0.114 e. The van der Waals surface area contributed by atoms with Crippen molar-refractivity contribution in [1.82, 2.24) is 0 Å². The number of aryl methyl sites for hydroxylation is 1. The van der Waals surface area contributed by atoms with Crippen molar-refractivity contribution in [3.8, 4) is 10.4 Å². The first-order valence-corrected chi connectivity index (χ1v) is 16.2. The highest BCUT2D eigenvalue weighted by atomic mass is 79.9. The average Bonchev–Trinajstić information content (AvgIpc) is 3.61. The van der Waals surface area contributed by atoms with Crippen molar-refractivity contribution in [2.45, 2.75) is 19.0 Å². The van der Waals surface area contributed by atoms with Gasteiger partial charge in [-0.25, -0.2) is 0 Å². The quantitative estimate of drug-likeness (QED) is 0.201. The van der Waals surface area contributed by atoms with Gasteiger partial charge in [0.25, 0.3) is 0 Å². The summed E-state index contributed by atoms with van der Waals surface area (Å²) in [6, 6.07) is 38.2. The fourth-order valence-corrected chi connectivity index (χ4v) is 8.74. The van der Waals surface area contributed by atoms with E-state index < -0.39 is 0 Å². The Balaban J connectivity index is 0.000000138. The van der Waals surface area contributed by atoms with Crippen molar-refractivity contribution >= 4 is 72.7 Å². The molecule has 4 heterocycles. The minimum Gasteiger partial charge on any atom is -0.346 e. The maximum absolute atomic E-state index is 4.68. The van der Waals surface area contributed by atoms with Crippen LogP contribution in [0.4, 0.5) is 11.4 Å². The molecule has 0 saturated carbocycles. The molecule has 0 bridgehead atoms. The maximum atomic E-state index is 4.68. The molecule has 2 N–H and O–H groups in total. The summed E-state index contributed by atoms with van der Waals surface area (Å²) in [7, 11) is 0. The highest BCUT2D eigenvalue weighted by Crippen LogP contribution is 2.45. The van der Waals surface area contributed by atoms with Crippen LogP contribution in [0.2, 0.25) is 0 Å². The number of aliphatic imine (C=N–C) groups is 2. The summed E-state index contributed by atoms with van der Waals surface area (Å²) in [4.78, 5) is 13.2. The largest absolute Gasteiger partial charge is 0.346 e. The molecule has 0 amide bonds. The fraction of sp³-hybridized carbons (Fsp3) is 0.0857. The van der Waals surface area contributed by atoms with Crippen LogP contribution in [0.5, 0.6) is 0 Å². The molecule has 4 aromatic carbocycles. The van der Waals surface area contributed by atoms with Crippen molar-refractivity contribution < 1.29 is 0 Å². The molecule has 42 heavy (non-hydrogen) atoms. The number of thiophene rings is 2. The Hall–Kier alpha value is -4.04. The van der Waals surface area contributed by atoms with Gasteiger partial charge in [0.2, 0.25) is 0 Å². The number of nitrogens with one attached hydrogen (secondary N) is 2. The first kappa shape index (κ1) is 26.8. The van der Waals surface area contributed by atoms with Crippen LogP contribution in [0, 0.1) is 6.92 Å². The van der Waals surface area contributed by atoms with Crippen molar-refractivity contribution in [2.24, 2.45) is 9.98 Å². The van der Waals surface area contributed by atoms with Gasteiger partial charge in [-0.1, -0.05) is 84.9 Å². The summed E-state index contributed by atoms with van der Waals surface area (Å²) in [5.41, 5.74) is 7.33. The lowest BCUT2D eigenvalue weighted by Gasteiger charge is -2.20. The SMILES string of the molecule is Brc1c(C2N=CNc3ccccc32)sc2ccccc12.Cc1cc(-c2ccccc2)sc1C1N=CNc2ccccc21. The van der Waals surface area contributed by atoms with Crippen LogP contribution < -0.4 is 10.6 Å². The van der Waals surface area contributed by atoms with E-state index in [0.717, 1.165) is 15.8 Å². The first-order chi connectivity index (χ1) is 20.7. The Morgan fingerprint density at radius 2 is 1.21 bits per heavy atom. The Kier molecular flexibility index (Phi) is 7.46. The molecule has 0 aliphatic carbocycles. The van der Waals surface area contributed by atoms with E-state index in [1.807, 2.05) is 23.7 Å². The van der Waals surface area contributed by atoms with Crippen LogP contribution >= 0.6 is 38.6 Å². The van der Waals surface area contributed by atoms with Crippen molar-refractivity contribution in [2.75, 3.05) is 10.6 Å².